The van der Waals surface area contributed by atoms with E-state index < -0.39 is 11.9 Å². The molecule has 148 valence electrons. The molecule has 2 rings (SSSR count). The molecule has 0 bridgehead atoms. The molecule has 7 nitrogen and oxygen atoms in total. The maximum absolute atomic E-state index is 12.6. The maximum Gasteiger partial charge on any atom is 0.321 e. The van der Waals surface area contributed by atoms with E-state index in [1.165, 1.54) is 11.3 Å². The number of hydrogen-bond acceptors (Lipinski definition) is 6. The molecule has 1 unspecified atom stereocenters. The third kappa shape index (κ3) is 5.80. The molecule has 0 saturated carbocycles. The zero-order valence-electron chi connectivity index (χ0n) is 16.1. The van der Waals surface area contributed by atoms with Crippen molar-refractivity contribution in [3.05, 3.63) is 20.8 Å². The first-order valence-corrected chi connectivity index (χ1v) is 10.9. The van der Waals surface area contributed by atoms with E-state index in [0.717, 1.165) is 41.5 Å². The standard InChI is InChI=1S/C18H26N4O3S2/c1-5-7-19-17(25)20-13(23)9-26-18-21-15(24)14-12(8-10(3)6-2)11(4)27-16(14)22-18/h10H,5-9H2,1-4H3,(H,21,22,24)(H2,19,20,23,25). The Morgan fingerprint density at radius 1 is 1.33 bits per heavy atom. The lowest BCUT2D eigenvalue weighted by atomic mass is 9.98. The highest BCUT2D eigenvalue weighted by Crippen LogP contribution is 2.30. The lowest BCUT2D eigenvalue weighted by Crippen LogP contribution is -2.40. The van der Waals surface area contributed by atoms with Crippen LogP contribution in [-0.2, 0) is 11.2 Å². The van der Waals surface area contributed by atoms with Crippen LogP contribution in [0.4, 0.5) is 4.79 Å². The zero-order chi connectivity index (χ0) is 20.0. The molecule has 0 aliphatic heterocycles. The summed E-state index contributed by atoms with van der Waals surface area (Å²) < 4.78 is 0. The van der Waals surface area contributed by atoms with Gasteiger partial charge in [0.1, 0.15) is 4.83 Å². The Morgan fingerprint density at radius 3 is 2.74 bits per heavy atom. The van der Waals surface area contributed by atoms with Gasteiger partial charge < -0.3 is 10.3 Å². The summed E-state index contributed by atoms with van der Waals surface area (Å²) in [5, 5.41) is 5.86. The Kier molecular flexibility index (Phi) is 7.85. The summed E-state index contributed by atoms with van der Waals surface area (Å²) in [5.41, 5.74) is 0.895. The Morgan fingerprint density at radius 2 is 2.07 bits per heavy atom. The van der Waals surface area contributed by atoms with Gasteiger partial charge in [-0.15, -0.1) is 11.3 Å². The average molecular weight is 411 g/mol. The molecule has 0 aromatic carbocycles. The number of nitrogens with one attached hydrogen (secondary N) is 3. The van der Waals surface area contributed by atoms with E-state index in [1.807, 2.05) is 13.8 Å². The highest BCUT2D eigenvalue weighted by atomic mass is 32.2. The van der Waals surface area contributed by atoms with Gasteiger partial charge in [0.25, 0.3) is 5.56 Å². The minimum atomic E-state index is -0.511. The van der Waals surface area contributed by atoms with Gasteiger partial charge >= 0.3 is 6.03 Å². The highest BCUT2D eigenvalue weighted by molar-refractivity contribution is 7.99. The number of amides is 3. The van der Waals surface area contributed by atoms with E-state index in [2.05, 4.69) is 34.4 Å². The third-order valence-corrected chi connectivity index (χ3v) is 6.13. The lowest BCUT2D eigenvalue weighted by Gasteiger charge is -2.08. The second kappa shape index (κ2) is 9.89. The summed E-state index contributed by atoms with van der Waals surface area (Å²) in [6.45, 7) is 8.76. The second-order valence-corrected chi connectivity index (χ2v) is 8.67. The van der Waals surface area contributed by atoms with Gasteiger partial charge in [0.05, 0.1) is 11.1 Å². The second-order valence-electron chi connectivity index (χ2n) is 6.50. The van der Waals surface area contributed by atoms with E-state index in [1.54, 1.807) is 0 Å². The minimum Gasteiger partial charge on any atom is -0.338 e. The van der Waals surface area contributed by atoms with Crippen molar-refractivity contribution in [1.82, 2.24) is 20.6 Å². The number of thioether (sulfide) groups is 1. The quantitative estimate of drug-likeness (QED) is 0.458. The van der Waals surface area contributed by atoms with Crippen molar-refractivity contribution in [2.75, 3.05) is 12.3 Å². The van der Waals surface area contributed by atoms with E-state index in [0.29, 0.717) is 27.8 Å². The summed E-state index contributed by atoms with van der Waals surface area (Å²) in [6, 6.07) is -0.511. The summed E-state index contributed by atoms with van der Waals surface area (Å²) in [5.74, 6) is 0.0617. The number of hydrogen-bond donors (Lipinski definition) is 3. The van der Waals surface area contributed by atoms with Gasteiger partial charge in [0, 0.05) is 11.4 Å². The molecule has 2 aromatic heterocycles. The fraction of sp³-hybridized carbons (Fsp3) is 0.556. The summed E-state index contributed by atoms with van der Waals surface area (Å²) in [4.78, 5) is 45.0. The maximum atomic E-state index is 12.6. The van der Waals surface area contributed by atoms with Crippen molar-refractivity contribution in [3.8, 4) is 0 Å². The molecule has 0 aliphatic carbocycles. The number of aryl methyl sites for hydroxylation is 1. The van der Waals surface area contributed by atoms with Crippen LogP contribution in [0.5, 0.6) is 0 Å². The highest BCUT2D eigenvalue weighted by Gasteiger charge is 2.17. The van der Waals surface area contributed by atoms with Crippen LogP contribution in [0.1, 0.15) is 44.1 Å². The number of carbonyl (C=O) groups excluding carboxylic acids is 2. The molecular weight excluding hydrogens is 384 g/mol. The van der Waals surface area contributed by atoms with Crippen LogP contribution in [0.2, 0.25) is 0 Å². The number of carbonyl (C=O) groups is 2. The fourth-order valence-electron chi connectivity index (χ4n) is 2.54. The van der Waals surface area contributed by atoms with Crippen molar-refractivity contribution in [2.45, 2.75) is 52.1 Å². The van der Waals surface area contributed by atoms with E-state index in [9.17, 15) is 14.4 Å². The molecule has 0 fully saturated rings. The Balaban J connectivity index is 2.09. The fourth-order valence-corrected chi connectivity index (χ4v) is 4.31. The molecule has 3 N–H and O–H groups in total. The zero-order valence-corrected chi connectivity index (χ0v) is 17.7. The molecule has 0 aliphatic rings. The van der Waals surface area contributed by atoms with Crippen LogP contribution >= 0.6 is 23.1 Å². The summed E-state index contributed by atoms with van der Waals surface area (Å²) in [6.07, 6.45) is 2.70. The van der Waals surface area contributed by atoms with Gasteiger partial charge in [-0.05, 0) is 31.2 Å². The number of H-pyrrole nitrogens is 1. The number of aromatic amines is 1. The van der Waals surface area contributed by atoms with E-state index in [-0.39, 0.29) is 11.3 Å². The molecular formula is C18H26N4O3S2. The van der Waals surface area contributed by atoms with Gasteiger partial charge in [-0.1, -0.05) is 39.0 Å². The molecule has 2 heterocycles. The molecule has 0 saturated heterocycles. The minimum absolute atomic E-state index is 0.00191. The smallest absolute Gasteiger partial charge is 0.321 e. The Labute approximate surface area is 166 Å². The van der Waals surface area contributed by atoms with Crippen LogP contribution in [0.25, 0.3) is 10.2 Å². The molecule has 0 radical (unpaired) electrons. The normalized spacial score (nSPS) is 12.1. The third-order valence-electron chi connectivity index (χ3n) is 4.22. The average Bonchev–Trinajstić information content (AvgIpc) is 2.93. The Hall–Kier alpha value is -1.87. The molecule has 0 spiro atoms. The molecule has 1 atom stereocenters. The lowest BCUT2D eigenvalue weighted by molar-refractivity contribution is -0.117. The largest absolute Gasteiger partial charge is 0.338 e. The number of imide groups is 1. The predicted molar refractivity (Wildman–Crippen MR) is 111 cm³/mol. The van der Waals surface area contributed by atoms with Gasteiger partial charge in [-0.3, -0.25) is 14.9 Å². The number of thiophene rings is 1. The van der Waals surface area contributed by atoms with Gasteiger partial charge in [-0.2, -0.15) is 0 Å². The molecule has 3 amide bonds. The molecule has 2 aromatic rings. The van der Waals surface area contributed by atoms with Crippen LogP contribution in [-0.4, -0.2) is 34.2 Å². The monoisotopic (exact) mass is 410 g/mol. The summed E-state index contributed by atoms with van der Waals surface area (Å²) in [7, 11) is 0. The number of nitrogens with zero attached hydrogens (tertiary/aromatic N) is 1. The predicted octanol–water partition coefficient (Wildman–Crippen LogP) is 3.21. The SMILES string of the molecule is CCCNC(=O)NC(=O)CSc1nc2sc(C)c(CC(C)CC)c2c(=O)[nH]1. The topological polar surface area (TPSA) is 104 Å². The molecule has 9 heteroatoms. The van der Waals surface area contributed by atoms with Gasteiger partial charge in [0.15, 0.2) is 5.16 Å². The number of fused-ring (bicyclic) bond motifs is 1. The van der Waals surface area contributed by atoms with Gasteiger partial charge in [0.2, 0.25) is 5.91 Å². The van der Waals surface area contributed by atoms with Gasteiger partial charge in [-0.25, -0.2) is 9.78 Å². The molecule has 27 heavy (non-hydrogen) atoms. The summed E-state index contributed by atoms with van der Waals surface area (Å²) >= 11 is 2.61. The first-order chi connectivity index (χ1) is 12.8. The van der Waals surface area contributed by atoms with Crippen molar-refractivity contribution in [3.63, 3.8) is 0 Å². The number of urea groups is 1. The first-order valence-electron chi connectivity index (χ1n) is 9.08. The van der Waals surface area contributed by atoms with E-state index in [4.69, 9.17) is 0 Å². The Bertz CT molecular complexity index is 875. The van der Waals surface area contributed by atoms with Crippen LogP contribution in [0.15, 0.2) is 9.95 Å². The van der Waals surface area contributed by atoms with Crippen LogP contribution in [0, 0.1) is 12.8 Å². The van der Waals surface area contributed by atoms with Crippen molar-refractivity contribution in [2.24, 2.45) is 5.92 Å². The number of aromatic nitrogens is 2. The van der Waals surface area contributed by atoms with Crippen LogP contribution < -0.4 is 16.2 Å². The van der Waals surface area contributed by atoms with E-state index >= 15 is 0 Å². The van der Waals surface area contributed by atoms with Crippen molar-refractivity contribution in [1.29, 1.82) is 0 Å². The van der Waals surface area contributed by atoms with Crippen molar-refractivity contribution >= 4 is 45.3 Å². The van der Waals surface area contributed by atoms with Crippen molar-refractivity contribution < 1.29 is 9.59 Å². The number of rotatable bonds is 8. The first kappa shape index (κ1) is 21.4. The van der Waals surface area contributed by atoms with Crippen LogP contribution in [0.3, 0.4) is 0 Å².